The number of pyridine rings is 1. The second-order valence-electron chi connectivity index (χ2n) is 6.77. The summed E-state index contributed by atoms with van der Waals surface area (Å²) in [6.45, 7) is 2.44. The van der Waals surface area contributed by atoms with E-state index in [0.29, 0.717) is 6.54 Å². The van der Waals surface area contributed by atoms with Gasteiger partial charge in [0.25, 0.3) is 0 Å². The zero-order valence-electron chi connectivity index (χ0n) is 15.2. The fourth-order valence-corrected chi connectivity index (χ4v) is 3.31. The number of rotatable bonds is 5. The van der Waals surface area contributed by atoms with Crippen molar-refractivity contribution in [3.63, 3.8) is 0 Å². The molecule has 0 aliphatic rings. The van der Waals surface area contributed by atoms with Crippen LogP contribution >= 0.6 is 0 Å². The fraction of sp³-hybridized carbons (Fsp3) is 0.130. The Morgan fingerprint density at radius 1 is 0.778 bits per heavy atom. The molecule has 1 atom stereocenters. The number of aryl methyl sites for hydroxylation is 1. The zero-order chi connectivity index (χ0) is 18.7. The van der Waals surface area contributed by atoms with E-state index in [1.54, 1.807) is 24.9 Å². The number of nitrogens with zero attached hydrogens (tertiary/aromatic N) is 3. The van der Waals surface area contributed by atoms with Gasteiger partial charge in [0.05, 0.1) is 12.9 Å². The first-order valence-electron chi connectivity index (χ1n) is 8.91. The molecule has 0 fully saturated rings. The minimum absolute atomic E-state index is 0.394. The van der Waals surface area contributed by atoms with Crippen LogP contribution < -0.4 is 0 Å². The summed E-state index contributed by atoms with van der Waals surface area (Å²) in [6, 6.07) is 20.1. The van der Waals surface area contributed by atoms with Gasteiger partial charge < -0.3 is 9.67 Å². The average Bonchev–Trinajstić information content (AvgIpc) is 3.22. The molecule has 0 aliphatic heterocycles. The van der Waals surface area contributed by atoms with Gasteiger partial charge in [0.1, 0.15) is 5.60 Å². The third-order valence-corrected chi connectivity index (χ3v) is 4.88. The van der Waals surface area contributed by atoms with Gasteiger partial charge in [-0.25, -0.2) is 4.98 Å². The normalized spacial score (nSPS) is 13.3. The third-order valence-electron chi connectivity index (χ3n) is 4.88. The molecule has 4 nitrogen and oxygen atoms in total. The van der Waals surface area contributed by atoms with E-state index >= 15 is 0 Å². The summed E-state index contributed by atoms with van der Waals surface area (Å²) in [7, 11) is 0. The van der Waals surface area contributed by atoms with Crippen LogP contribution in [0.4, 0.5) is 0 Å². The number of hydrogen-bond acceptors (Lipinski definition) is 3. The number of hydrogen-bond donors (Lipinski definition) is 1. The fourth-order valence-electron chi connectivity index (χ4n) is 3.31. The van der Waals surface area contributed by atoms with E-state index in [1.165, 1.54) is 0 Å². The van der Waals surface area contributed by atoms with E-state index in [0.717, 1.165) is 27.8 Å². The molecule has 0 amide bonds. The van der Waals surface area contributed by atoms with Crippen molar-refractivity contribution in [3.8, 4) is 11.1 Å². The van der Waals surface area contributed by atoms with Gasteiger partial charge in [0, 0.05) is 24.8 Å². The van der Waals surface area contributed by atoms with Crippen LogP contribution in [0.1, 0.15) is 16.7 Å². The number of benzene rings is 2. The molecule has 2 aromatic heterocycles. The molecule has 0 saturated carbocycles. The average molecular weight is 355 g/mol. The Bertz CT molecular complexity index is 994. The predicted molar refractivity (Wildman–Crippen MR) is 106 cm³/mol. The predicted octanol–water partition coefficient (Wildman–Crippen LogP) is 4.19. The SMILES string of the molecule is Cc1ccc(C(O)(Cn2ccnc2)c2ccc(-c3ccncc3)cc2)cc1. The zero-order valence-corrected chi connectivity index (χ0v) is 15.2. The second kappa shape index (κ2) is 7.17. The quantitative estimate of drug-likeness (QED) is 0.584. The first kappa shape index (κ1) is 17.2. The van der Waals surface area contributed by atoms with Crippen molar-refractivity contribution in [1.82, 2.24) is 14.5 Å². The van der Waals surface area contributed by atoms with Crippen molar-refractivity contribution in [1.29, 1.82) is 0 Å². The van der Waals surface area contributed by atoms with Crippen molar-refractivity contribution in [2.75, 3.05) is 0 Å². The van der Waals surface area contributed by atoms with E-state index in [2.05, 4.69) is 9.97 Å². The first-order valence-corrected chi connectivity index (χ1v) is 8.91. The van der Waals surface area contributed by atoms with Crippen LogP contribution in [0.5, 0.6) is 0 Å². The van der Waals surface area contributed by atoms with E-state index in [9.17, 15) is 5.11 Å². The lowest BCUT2D eigenvalue weighted by Crippen LogP contribution is -2.32. The molecule has 0 spiro atoms. The molecule has 4 aromatic rings. The van der Waals surface area contributed by atoms with Gasteiger partial charge in [-0.15, -0.1) is 0 Å². The van der Waals surface area contributed by atoms with Crippen molar-refractivity contribution in [2.45, 2.75) is 19.1 Å². The Balaban J connectivity index is 1.75. The lowest BCUT2D eigenvalue weighted by atomic mass is 9.85. The number of aromatic nitrogens is 3. The molecule has 0 radical (unpaired) electrons. The van der Waals surface area contributed by atoms with Gasteiger partial charge in [0.15, 0.2) is 0 Å². The number of aliphatic hydroxyl groups is 1. The Labute approximate surface area is 158 Å². The highest BCUT2D eigenvalue weighted by Gasteiger charge is 2.32. The van der Waals surface area contributed by atoms with Crippen LogP contribution in [0, 0.1) is 6.92 Å². The van der Waals surface area contributed by atoms with Crippen molar-refractivity contribution >= 4 is 0 Å². The molecule has 134 valence electrons. The van der Waals surface area contributed by atoms with Crippen molar-refractivity contribution < 1.29 is 5.11 Å². The molecule has 2 aromatic carbocycles. The Kier molecular flexibility index (Phi) is 4.57. The third kappa shape index (κ3) is 3.52. The lowest BCUT2D eigenvalue weighted by Gasteiger charge is -2.30. The summed E-state index contributed by atoms with van der Waals surface area (Å²) in [5.74, 6) is 0. The van der Waals surface area contributed by atoms with Gasteiger partial charge in [-0.2, -0.15) is 0 Å². The summed E-state index contributed by atoms with van der Waals surface area (Å²) in [5, 5.41) is 11.7. The Morgan fingerprint density at radius 2 is 1.37 bits per heavy atom. The van der Waals surface area contributed by atoms with E-state index in [1.807, 2.05) is 78.4 Å². The van der Waals surface area contributed by atoms with Gasteiger partial charge in [-0.3, -0.25) is 4.98 Å². The topological polar surface area (TPSA) is 50.9 Å². The molecule has 27 heavy (non-hydrogen) atoms. The van der Waals surface area contributed by atoms with Crippen molar-refractivity contribution in [3.05, 3.63) is 108 Å². The maximum absolute atomic E-state index is 11.7. The van der Waals surface area contributed by atoms with E-state index in [-0.39, 0.29) is 0 Å². The highest BCUT2D eigenvalue weighted by Crippen LogP contribution is 2.33. The highest BCUT2D eigenvalue weighted by molar-refractivity contribution is 5.63. The first-order chi connectivity index (χ1) is 13.1. The highest BCUT2D eigenvalue weighted by atomic mass is 16.3. The summed E-state index contributed by atoms with van der Waals surface area (Å²) in [6.07, 6.45) is 8.88. The van der Waals surface area contributed by atoms with Crippen LogP contribution in [-0.2, 0) is 12.1 Å². The van der Waals surface area contributed by atoms with E-state index < -0.39 is 5.60 Å². The summed E-state index contributed by atoms with van der Waals surface area (Å²) in [4.78, 5) is 8.18. The van der Waals surface area contributed by atoms with Gasteiger partial charge >= 0.3 is 0 Å². The summed E-state index contributed by atoms with van der Waals surface area (Å²) >= 11 is 0. The maximum atomic E-state index is 11.7. The summed E-state index contributed by atoms with van der Waals surface area (Å²) < 4.78 is 1.90. The minimum atomic E-state index is -1.15. The Hall–Kier alpha value is -3.24. The van der Waals surface area contributed by atoms with Gasteiger partial charge in [-0.05, 0) is 41.3 Å². The summed E-state index contributed by atoms with van der Waals surface area (Å²) in [5.41, 5.74) is 3.92. The molecule has 4 heteroatoms. The molecule has 0 aliphatic carbocycles. The molecule has 0 bridgehead atoms. The Morgan fingerprint density at radius 3 is 1.96 bits per heavy atom. The van der Waals surface area contributed by atoms with Crippen LogP contribution in [0.15, 0.2) is 91.8 Å². The van der Waals surface area contributed by atoms with Crippen LogP contribution in [0.3, 0.4) is 0 Å². The van der Waals surface area contributed by atoms with Gasteiger partial charge in [-0.1, -0.05) is 54.1 Å². The van der Waals surface area contributed by atoms with Crippen LogP contribution in [-0.4, -0.2) is 19.6 Å². The van der Waals surface area contributed by atoms with Crippen LogP contribution in [0.25, 0.3) is 11.1 Å². The standard InChI is InChI=1S/C23H21N3O/c1-18-2-6-21(7-3-18)23(27,16-26-15-14-25-17-26)22-8-4-19(5-9-22)20-10-12-24-13-11-20/h2-15,17,27H,16H2,1H3. The molecular formula is C23H21N3O. The van der Waals surface area contributed by atoms with Gasteiger partial charge in [0.2, 0.25) is 0 Å². The smallest absolute Gasteiger partial charge is 0.132 e. The molecule has 0 saturated heterocycles. The second-order valence-corrected chi connectivity index (χ2v) is 6.77. The van der Waals surface area contributed by atoms with E-state index in [4.69, 9.17) is 0 Å². The molecule has 4 rings (SSSR count). The molecular weight excluding hydrogens is 334 g/mol. The largest absolute Gasteiger partial charge is 0.378 e. The van der Waals surface area contributed by atoms with Crippen molar-refractivity contribution in [2.24, 2.45) is 0 Å². The maximum Gasteiger partial charge on any atom is 0.132 e. The lowest BCUT2D eigenvalue weighted by molar-refractivity contribution is 0.0612. The minimum Gasteiger partial charge on any atom is -0.378 e. The number of imidazole rings is 1. The molecule has 1 unspecified atom stereocenters. The van der Waals surface area contributed by atoms with Crippen LogP contribution in [0.2, 0.25) is 0 Å². The molecule has 2 heterocycles. The molecule has 1 N–H and O–H groups in total. The monoisotopic (exact) mass is 355 g/mol.